The maximum Gasteiger partial charge on any atom is 0.407 e. The van der Waals surface area contributed by atoms with Crippen molar-refractivity contribution in [2.75, 3.05) is 40.5 Å². The van der Waals surface area contributed by atoms with E-state index in [1.165, 1.54) is 0 Å². The van der Waals surface area contributed by atoms with E-state index in [9.17, 15) is 4.79 Å². The van der Waals surface area contributed by atoms with E-state index in [-0.39, 0.29) is 12.1 Å². The highest BCUT2D eigenvalue weighted by Gasteiger charge is 2.27. The summed E-state index contributed by atoms with van der Waals surface area (Å²) in [4.78, 5) is 14.3. The van der Waals surface area contributed by atoms with E-state index in [1.54, 1.807) is 14.2 Å². The zero-order valence-electron chi connectivity index (χ0n) is 15.4. The van der Waals surface area contributed by atoms with Gasteiger partial charge in [-0.25, -0.2) is 4.79 Å². The number of nitrogens with zero attached hydrogens (tertiary/aromatic N) is 1. The number of ether oxygens (including phenoxy) is 3. The summed E-state index contributed by atoms with van der Waals surface area (Å²) in [5, 5.41) is 2.99. The number of alkyl carbamates (subject to hydrolysis) is 1. The predicted octanol–water partition coefficient (Wildman–Crippen LogP) is 2.42. The van der Waals surface area contributed by atoms with Gasteiger partial charge in [0, 0.05) is 39.4 Å². The molecule has 0 aromatic rings. The number of methoxy groups -OCH3 is 2. The SMILES string of the molecule is COCCN(CCOC)C1CCC(NC(=O)OC(C)(C)C)CC1. The van der Waals surface area contributed by atoms with Crippen LogP contribution >= 0.6 is 0 Å². The number of carbonyl (C=O) groups is 1. The predicted molar refractivity (Wildman–Crippen MR) is 90.7 cm³/mol. The number of hydrogen-bond acceptors (Lipinski definition) is 5. The van der Waals surface area contributed by atoms with Crippen LogP contribution < -0.4 is 5.32 Å². The highest BCUT2D eigenvalue weighted by Crippen LogP contribution is 2.23. The van der Waals surface area contributed by atoms with Gasteiger partial charge < -0.3 is 19.5 Å². The number of carbonyl (C=O) groups excluding carboxylic acids is 1. The Morgan fingerprint density at radius 1 is 1.04 bits per heavy atom. The summed E-state index contributed by atoms with van der Waals surface area (Å²) in [6.07, 6.45) is 3.82. The summed E-state index contributed by atoms with van der Waals surface area (Å²) in [5.74, 6) is 0. The Morgan fingerprint density at radius 3 is 2.00 bits per heavy atom. The smallest absolute Gasteiger partial charge is 0.407 e. The van der Waals surface area contributed by atoms with E-state index in [0.29, 0.717) is 6.04 Å². The molecule has 1 rings (SSSR count). The molecule has 0 unspecified atom stereocenters. The molecule has 0 spiro atoms. The van der Waals surface area contributed by atoms with Crippen molar-refractivity contribution in [2.24, 2.45) is 0 Å². The second-order valence-electron chi connectivity index (χ2n) is 7.17. The minimum Gasteiger partial charge on any atom is -0.444 e. The Kier molecular flexibility index (Phi) is 8.87. The fourth-order valence-electron chi connectivity index (χ4n) is 2.95. The average molecular weight is 330 g/mol. The lowest BCUT2D eigenvalue weighted by Gasteiger charge is -2.37. The van der Waals surface area contributed by atoms with Gasteiger partial charge in [0.2, 0.25) is 0 Å². The Morgan fingerprint density at radius 2 is 1.57 bits per heavy atom. The molecule has 1 aliphatic rings. The van der Waals surface area contributed by atoms with E-state index < -0.39 is 5.60 Å². The van der Waals surface area contributed by atoms with Gasteiger partial charge in [-0.3, -0.25) is 4.90 Å². The lowest BCUT2D eigenvalue weighted by molar-refractivity contribution is 0.0452. The molecule has 23 heavy (non-hydrogen) atoms. The highest BCUT2D eigenvalue weighted by molar-refractivity contribution is 5.68. The molecular formula is C17H34N2O4. The van der Waals surface area contributed by atoms with E-state index in [0.717, 1.165) is 52.0 Å². The first-order chi connectivity index (χ1) is 10.9. The van der Waals surface area contributed by atoms with Crippen molar-refractivity contribution in [2.45, 2.75) is 64.1 Å². The molecule has 136 valence electrons. The molecule has 0 aromatic carbocycles. The summed E-state index contributed by atoms with van der Waals surface area (Å²) in [5.41, 5.74) is -0.446. The van der Waals surface area contributed by atoms with Crippen LogP contribution in [0.2, 0.25) is 0 Å². The summed E-state index contributed by atoms with van der Waals surface area (Å²) in [7, 11) is 3.46. The molecule has 6 heteroatoms. The zero-order valence-corrected chi connectivity index (χ0v) is 15.4. The molecule has 1 amide bonds. The highest BCUT2D eigenvalue weighted by atomic mass is 16.6. The Bertz CT molecular complexity index is 328. The van der Waals surface area contributed by atoms with Crippen LogP contribution in [-0.2, 0) is 14.2 Å². The maximum atomic E-state index is 11.8. The number of nitrogens with one attached hydrogen (secondary N) is 1. The first-order valence-electron chi connectivity index (χ1n) is 8.57. The molecule has 1 fully saturated rings. The Balaban J connectivity index is 2.38. The Hall–Kier alpha value is -0.850. The summed E-state index contributed by atoms with van der Waals surface area (Å²) < 4.78 is 15.7. The molecule has 0 heterocycles. The van der Waals surface area contributed by atoms with Gasteiger partial charge in [-0.2, -0.15) is 0 Å². The van der Waals surface area contributed by atoms with Crippen LogP contribution in [-0.4, -0.2) is 69.2 Å². The molecule has 0 aliphatic heterocycles. The minimum atomic E-state index is -0.446. The van der Waals surface area contributed by atoms with Crippen molar-refractivity contribution in [3.63, 3.8) is 0 Å². The van der Waals surface area contributed by atoms with E-state index in [1.807, 2.05) is 20.8 Å². The molecular weight excluding hydrogens is 296 g/mol. The van der Waals surface area contributed by atoms with Crippen molar-refractivity contribution >= 4 is 6.09 Å². The van der Waals surface area contributed by atoms with Gasteiger partial charge >= 0.3 is 6.09 Å². The van der Waals surface area contributed by atoms with Gasteiger partial charge in [0.15, 0.2) is 0 Å². The zero-order chi connectivity index (χ0) is 17.3. The van der Waals surface area contributed by atoms with Crippen molar-refractivity contribution in [1.29, 1.82) is 0 Å². The lowest BCUT2D eigenvalue weighted by atomic mass is 9.90. The molecule has 6 nitrogen and oxygen atoms in total. The third-order valence-electron chi connectivity index (χ3n) is 4.10. The van der Waals surface area contributed by atoms with Gasteiger partial charge in [0.1, 0.15) is 5.60 Å². The number of amides is 1. The molecule has 0 bridgehead atoms. The van der Waals surface area contributed by atoms with Crippen molar-refractivity contribution in [3.05, 3.63) is 0 Å². The summed E-state index contributed by atoms with van der Waals surface area (Å²) in [6, 6.07) is 0.754. The van der Waals surface area contributed by atoms with E-state index in [4.69, 9.17) is 14.2 Å². The van der Waals surface area contributed by atoms with Gasteiger partial charge in [-0.1, -0.05) is 0 Å². The van der Waals surface area contributed by atoms with E-state index >= 15 is 0 Å². The standard InChI is InChI=1S/C17H34N2O4/c1-17(2,3)23-16(20)18-14-6-8-15(9-7-14)19(10-12-21-4)11-13-22-5/h14-15H,6-13H2,1-5H3,(H,18,20). The monoisotopic (exact) mass is 330 g/mol. The normalized spacial score (nSPS) is 22.2. The van der Waals surface area contributed by atoms with Gasteiger partial charge in [0.05, 0.1) is 13.2 Å². The molecule has 0 aromatic heterocycles. The van der Waals surface area contributed by atoms with Crippen LogP contribution in [0, 0.1) is 0 Å². The van der Waals surface area contributed by atoms with Crippen LogP contribution in [0.5, 0.6) is 0 Å². The summed E-state index contributed by atoms with van der Waals surface area (Å²) >= 11 is 0. The second-order valence-corrected chi connectivity index (χ2v) is 7.17. The van der Waals surface area contributed by atoms with Crippen molar-refractivity contribution in [1.82, 2.24) is 10.2 Å². The quantitative estimate of drug-likeness (QED) is 0.740. The van der Waals surface area contributed by atoms with Gasteiger partial charge in [-0.15, -0.1) is 0 Å². The van der Waals surface area contributed by atoms with Crippen LogP contribution in [0.4, 0.5) is 4.79 Å². The topological polar surface area (TPSA) is 60.0 Å². The largest absolute Gasteiger partial charge is 0.444 e. The first kappa shape index (κ1) is 20.2. The van der Waals surface area contributed by atoms with Crippen molar-refractivity contribution < 1.29 is 19.0 Å². The first-order valence-corrected chi connectivity index (χ1v) is 8.57. The van der Waals surface area contributed by atoms with Crippen LogP contribution in [0.15, 0.2) is 0 Å². The van der Waals surface area contributed by atoms with Gasteiger partial charge in [-0.05, 0) is 46.5 Å². The third-order valence-corrected chi connectivity index (χ3v) is 4.10. The molecule has 1 aliphatic carbocycles. The Labute approximate surface area is 140 Å². The molecule has 0 atom stereocenters. The third kappa shape index (κ3) is 8.53. The number of hydrogen-bond donors (Lipinski definition) is 1. The lowest BCUT2D eigenvalue weighted by Crippen LogP contribution is -2.46. The van der Waals surface area contributed by atoms with Gasteiger partial charge in [0.25, 0.3) is 0 Å². The van der Waals surface area contributed by atoms with Crippen LogP contribution in [0.25, 0.3) is 0 Å². The molecule has 1 saturated carbocycles. The van der Waals surface area contributed by atoms with E-state index in [2.05, 4.69) is 10.2 Å². The minimum absolute atomic E-state index is 0.216. The van der Waals surface area contributed by atoms with Crippen molar-refractivity contribution in [3.8, 4) is 0 Å². The average Bonchev–Trinajstić information content (AvgIpc) is 2.46. The molecule has 0 radical (unpaired) electrons. The molecule has 0 saturated heterocycles. The fourth-order valence-corrected chi connectivity index (χ4v) is 2.95. The second kappa shape index (κ2) is 10.1. The molecule has 1 N–H and O–H groups in total. The number of rotatable bonds is 8. The van der Waals surface area contributed by atoms with Crippen LogP contribution in [0.1, 0.15) is 46.5 Å². The fraction of sp³-hybridized carbons (Fsp3) is 0.941. The summed E-state index contributed by atoms with van der Waals surface area (Å²) in [6.45, 7) is 8.97. The van der Waals surface area contributed by atoms with Crippen LogP contribution in [0.3, 0.4) is 0 Å². The maximum absolute atomic E-state index is 11.8.